The van der Waals surface area contributed by atoms with Crippen molar-refractivity contribution in [3.05, 3.63) is 51.8 Å². The molecule has 0 aliphatic carbocycles. The summed E-state index contributed by atoms with van der Waals surface area (Å²) in [6, 6.07) is 10.5. The molecule has 0 spiro atoms. The molecule has 2 aromatic rings. The molecule has 1 aromatic heterocycles. The zero-order valence-electron chi connectivity index (χ0n) is 11.9. The molecule has 1 heterocycles. The molecule has 1 aromatic carbocycles. The first-order valence-electron chi connectivity index (χ1n) is 7.05. The Balaban J connectivity index is 2.26. The molecule has 0 radical (unpaired) electrons. The van der Waals surface area contributed by atoms with Crippen molar-refractivity contribution in [1.82, 2.24) is 9.78 Å². The molecule has 0 saturated carbocycles. The SMILES string of the molecule is CCc1cc(CC(CCl)c2ccccc2Br)n(CC)n1. The summed E-state index contributed by atoms with van der Waals surface area (Å²) in [5.41, 5.74) is 3.69. The monoisotopic (exact) mass is 354 g/mol. The summed E-state index contributed by atoms with van der Waals surface area (Å²) in [6.45, 7) is 5.17. The summed E-state index contributed by atoms with van der Waals surface area (Å²) in [5, 5.41) is 4.61. The van der Waals surface area contributed by atoms with Crippen LogP contribution < -0.4 is 0 Å². The molecule has 0 aliphatic rings. The van der Waals surface area contributed by atoms with E-state index >= 15 is 0 Å². The molecular weight excluding hydrogens is 336 g/mol. The van der Waals surface area contributed by atoms with Gasteiger partial charge in [0.1, 0.15) is 0 Å². The van der Waals surface area contributed by atoms with Gasteiger partial charge in [-0.2, -0.15) is 5.10 Å². The van der Waals surface area contributed by atoms with Gasteiger partial charge in [-0.15, -0.1) is 11.6 Å². The Bertz CT molecular complexity index is 565. The zero-order valence-corrected chi connectivity index (χ0v) is 14.3. The molecule has 0 aliphatic heterocycles. The van der Waals surface area contributed by atoms with Crippen molar-refractivity contribution in [3.8, 4) is 0 Å². The maximum Gasteiger partial charge on any atom is 0.0624 e. The third-order valence-electron chi connectivity index (χ3n) is 3.56. The van der Waals surface area contributed by atoms with Crippen LogP contribution in [0.25, 0.3) is 0 Å². The summed E-state index contributed by atoms with van der Waals surface area (Å²) in [7, 11) is 0. The van der Waals surface area contributed by atoms with E-state index in [1.54, 1.807) is 0 Å². The van der Waals surface area contributed by atoms with Gasteiger partial charge in [0.05, 0.1) is 5.69 Å². The summed E-state index contributed by atoms with van der Waals surface area (Å²) in [6.07, 6.45) is 1.90. The fourth-order valence-corrected chi connectivity index (χ4v) is 3.32. The van der Waals surface area contributed by atoms with Crippen molar-refractivity contribution in [2.45, 2.75) is 39.2 Å². The molecule has 4 heteroatoms. The molecular formula is C16H20BrClN2. The molecule has 0 bridgehead atoms. The van der Waals surface area contributed by atoms with Gasteiger partial charge in [0, 0.05) is 28.5 Å². The third-order valence-corrected chi connectivity index (χ3v) is 4.66. The average molecular weight is 356 g/mol. The van der Waals surface area contributed by atoms with E-state index in [2.05, 4.69) is 63.8 Å². The molecule has 2 rings (SSSR count). The third kappa shape index (κ3) is 3.44. The summed E-state index contributed by atoms with van der Waals surface area (Å²) in [5.74, 6) is 0.915. The Hall–Kier alpha value is -0.800. The van der Waals surface area contributed by atoms with E-state index in [4.69, 9.17) is 11.6 Å². The average Bonchev–Trinajstić information content (AvgIpc) is 2.88. The highest BCUT2D eigenvalue weighted by Crippen LogP contribution is 2.29. The van der Waals surface area contributed by atoms with Crippen LogP contribution in [0.15, 0.2) is 34.8 Å². The Morgan fingerprint density at radius 2 is 2.05 bits per heavy atom. The summed E-state index contributed by atoms with van der Waals surface area (Å²) in [4.78, 5) is 0. The van der Waals surface area contributed by atoms with E-state index < -0.39 is 0 Å². The number of aryl methyl sites for hydroxylation is 2. The fraction of sp³-hybridized carbons (Fsp3) is 0.438. The first-order valence-corrected chi connectivity index (χ1v) is 8.38. The molecule has 0 amide bonds. The maximum atomic E-state index is 6.21. The van der Waals surface area contributed by atoms with Crippen molar-refractivity contribution < 1.29 is 0 Å². The van der Waals surface area contributed by atoms with E-state index in [1.165, 1.54) is 11.3 Å². The van der Waals surface area contributed by atoms with Crippen molar-refractivity contribution in [2.75, 3.05) is 5.88 Å². The minimum atomic E-state index is 0.305. The number of alkyl halides is 1. The van der Waals surface area contributed by atoms with E-state index in [-0.39, 0.29) is 0 Å². The van der Waals surface area contributed by atoms with Crippen LogP contribution in [0.4, 0.5) is 0 Å². The van der Waals surface area contributed by atoms with Gasteiger partial charge in [-0.25, -0.2) is 0 Å². The first kappa shape index (κ1) is 15.6. The van der Waals surface area contributed by atoms with Crippen LogP contribution >= 0.6 is 27.5 Å². The lowest BCUT2D eigenvalue weighted by atomic mass is 9.96. The second kappa shape index (κ2) is 7.28. The van der Waals surface area contributed by atoms with E-state index in [0.29, 0.717) is 11.8 Å². The fourth-order valence-electron chi connectivity index (χ4n) is 2.43. The number of hydrogen-bond acceptors (Lipinski definition) is 1. The van der Waals surface area contributed by atoms with Gasteiger partial charge in [0.2, 0.25) is 0 Å². The number of benzene rings is 1. The zero-order chi connectivity index (χ0) is 14.5. The largest absolute Gasteiger partial charge is 0.270 e. The second-order valence-corrected chi connectivity index (χ2v) is 6.04. The predicted molar refractivity (Wildman–Crippen MR) is 88.6 cm³/mol. The van der Waals surface area contributed by atoms with Crippen LogP contribution in [0.3, 0.4) is 0 Å². The topological polar surface area (TPSA) is 17.8 Å². The van der Waals surface area contributed by atoms with Crippen LogP contribution in [0, 0.1) is 0 Å². The van der Waals surface area contributed by atoms with Crippen LogP contribution in [-0.2, 0) is 19.4 Å². The van der Waals surface area contributed by atoms with Gasteiger partial charge in [-0.05, 0) is 37.5 Å². The Morgan fingerprint density at radius 3 is 2.65 bits per heavy atom. The molecule has 0 N–H and O–H groups in total. The number of rotatable bonds is 6. The summed E-state index contributed by atoms with van der Waals surface area (Å²) < 4.78 is 3.22. The lowest BCUT2D eigenvalue weighted by Gasteiger charge is -2.16. The highest BCUT2D eigenvalue weighted by atomic mass is 79.9. The minimum Gasteiger partial charge on any atom is -0.270 e. The van der Waals surface area contributed by atoms with E-state index in [1.807, 2.05) is 6.07 Å². The lowest BCUT2D eigenvalue weighted by molar-refractivity contribution is 0.593. The van der Waals surface area contributed by atoms with Crippen molar-refractivity contribution in [1.29, 1.82) is 0 Å². The number of hydrogen-bond donors (Lipinski definition) is 0. The normalized spacial score (nSPS) is 12.6. The van der Waals surface area contributed by atoms with Crippen LogP contribution in [0.1, 0.15) is 36.7 Å². The number of halogens is 2. The quantitative estimate of drug-likeness (QED) is 0.681. The van der Waals surface area contributed by atoms with E-state index in [9.17, 15) is 0 Å². The van der Waals surface area contributed by atoms with Crippen LogP contribution in [0.5, 0.6) is 0 Å². The predicted octanol–water partition coefficient (Wildman–Crippen LogP) is 4.79. The Kier molecular flexibility index (Phi) is 5.67. The molecule has 2 nitrogen and oxygen atoms in total. The van der Waals surface area contributed by atoms with Crippen molar-refractivity contribution in [3.63, 3.8) is 0 Å². The first-order chi connectivity index (χ1) is 9.69. The number of nitrogens with zero attached hydrogens (tertiary/aromatic N) is 2. The van der Waals surface area contributed by atoms with Crippen molar-refractivity contribution in [2.24, 2.45) is 0 Å². The highest BCUT2D eigenvalue weighted by molar-refractivity contribution is 9.10. The maximum absolute atomic E-state index is 6.21. The smallest absolute Gasteiger partial charge is 0.0624 e. The highest BCUT2D eigenvalue weighted by Gasteiger charge is 2.17. The minimum absolute atomic E-state index is 0.305. The van der Waals surface area contributed by atoms with Gasteiger partial charge in [-0.1, -0.05) is 41.1 Å². The number of aromatic nitrogens is 2. The molecule has 0 fully saturated rings. The lowest BCUT2D eigenvalue weighted by Crippen LogP contribution is -2.10. The molecule has 1 atom stereocenters. The van der Waals surface area contributed by atoms with Crippen LogP contribution in [0.2, 0.25) is 0 Å². The Labute approximate surface area is 134 Å². The molecule has 20 heavy (non-hydrogen) atoms. The van der Waals surface area contributed by atoms with Gasteiger partial charge >= 0.3 is 0 Å². The van der Waals surface area contributed by atoms with Gasteiger partial charge in [0.15, 0.2) is 0 Å². The molecule has 108 valence electrons. The van der Waals surface area contributed by atoms with Crippen LogP contribution in [-0.4, -0.2) is 15.7 Å². The van der Waals surface area contributed by atoms with Gasteiger partial charge in [0.25, 0.3) is 0 Å². The Morgan fingerprint density at radius 1 is 1.30 bits per heavy atom. The van der Waals surface area contributed by atoms with E-state index in [0.717, 1.165) is 29.6 Å². The molecule has 0 saturated heterocycles. The molecule has 1 unspecified atom stereocenters. The van der Waals surface area contributed by atoms with Crippen molar-refractivity contribution >= 4 is 27.5 Å². The van der Waals surface area contributed by atoms with Gasteiger partial charge < -0.3 is 0 Å². The van der Waals surface area contributed by atoms with Gasteiger partial charge in [-0.3, -0.25) is 4.68 Å². The summed E-state index contributed by atoms with van der Waals surface area (Å²) >= 11 is 9.83. The second-order valence-electron chi connectivity index (χ2n) is 4.87. The standard InChI is InChI=1S/C16H20BrClN2/c1-3-13-10-14(20(4-2)19-13)9-12(11-18)15-7-5-6-8-16(15)17/h5-8,10,12H,3-4,9,11H2,1-2H3.